The molecule has 0 radical (unpaired) electrons. The van der Waals surface area contributed by atoms with Crippen LogP contribution in [0.2, 0.25) is 0 Å². The van der Waals surface area contributed by atoms with Crippen molar-refractivity contribution in [2.45, 2.75) is 64.9 Å². The first-order valence-electron chi connectivity index (χ1n) is 12.9. The molecule has 214 valence electrons. The van der Waals surface area contributed by atoms with Crippen molar-refractivity contribution >= 4 is 35.5 Å². The van der Waals surface area contributed by atoms with Crippen molar-refractivity contribution in [1.29, 1.82) is 0 Å². The summed E-state index contributed by atoms with van der Waals surface area (Å²) in [6.45, 7) is 7.41. The number of anilines is 1. The van der Waals surface area contributed by atoms with Gasteiger partial charge in [-0.25, -0.2) is 14.6 Å². The fourth-order valence-corrected chi connectivity index (χ4v) is 4.54. The number of nitrogens with one attached hydrogen (secondary N) is 3. The average Bonchev–Trinajstić information content (AvgIpc) is 3.56. The first-order valence-corrected chi connectivity index (χ1v) is 12.9. The Bertz CT molecular complexity index is 1080. The van der Waals surface area contributed by atoms with Crippen LogP contribution >= 0.6 is 0 Å². The number of amides is 4. The van der Waals surface area contributed by atoms with E-state index >= 15 is 0 Å². The molecule has 0 aromatic heterocycles. The van der Waals surface area contributed by atoms with Gasteiger partial charge in [-0.3, -0.25) is 14.4 Å². The first-order chi connectivity index (χ1) is 18.5. The van der Waals surface area contributed by atoms with E-state index in [0.717, 1.165) is 5.01 Å². The van der Waals surface area contributed by atoms with Gasteiger partial charge in [0.1, 0.15) is 17.8 Å². The summed E-state index contributed by atoms with van der Waals surface area (Å²) in [5.41, 5.74) is 3.20. The minimum atomic E-state index is -1.32. The number of likely N-dealkylation sites (tertiary alicyclic amines) is 1. The molecule has 2 heterocycles. The van der Waals surface area contributed by atoms with E-state index in [1.165, 1.54) is 19.1 Å². The van der Waals surface area contributed by atoms with Gasteiger partial charge in [-0.1, -0.05) is 27.7 Å². The highest BCUT2D eigenvalue weighted by Gasteiger charge is 2.43. The zero-order valence-corrected chi connectivity index (χ0v) is 23.1. The summed E-state index contributed by atoms with van der Waals surface area (Å²) in [6.07, 6.45) is -1.83. The van der Waals surface area contributed by atoms with E-state index in [1.807, 2.05) is 0 Å². The van der Waals surface area contributed by atoms with Crippen molar-refractivity contribution in [3.8, 4) is 5.75 Å². The molecule has 3 rings (SSSR count). The highest BCUT2D eigenvalue weighted by atomic mass is 16.6. The van der Waals surface area contributed by atoms with Gasteiger partial charge < -0.3 is 29.7 Å². The van der Waals surface area contributed by atoms with Crippen LogP contribution in [0.15, 0.2) is 24.3 Å². The van der Waals surface area contributed by atoms with Gasteiger partial charge in [0.15, 0.2) is 0 Å². The van der Waals surface area contributed by atoms with Crippen LogP contribution in [0.1, 0.15) is 40.5 Å². The lowest BCUT2D eigenvalue weighted by Gasteiger charge is -2.31. The number of hydrogen-bond acceptors (Lipinski definition) is 9. The Kier molecular flexibility index (Phi) is 9.73. The Labute approximate surface area is 227 Å². The van der Waals surface area contributed by atoms with Crippen molar-refractivity contribution < 1.29 is 38.2 Å². The second-order valence-electron chi connectivity index (χ2n) is 10.1. The van der Waals surface area contributed by atoms with E-state index in [4.69, 9.17) is 9.47 Å². The maximum Gasteiger partial charge on any atom is 0.431 e. The summed E-state index contributed by atoms with van der Waals surface area (Å²) in [4.78, 5) is 65.7. The number of ketones is 1. The molecule has 0 saturated carbocycles. The SMILES string of the molecule is COC(=O)N[C@H](C(=O)N1CCC[C@H]1C(=O)N[C@H](C(=O)C1NN(c2ccc(OC)cc2)C(=O)O1)C(C)C)C(C)C. The molecule has 13 heteroatoms. The molecule has 0 bridgehead atoms. The number of hydrogen-bond donors (Lipinski definition) is 3. The summed E-state index contributed by atoms with van der Waals surface area (Å²) < 4.78 is 15.0. The molecular formula is C26H37N5O8. The zero-order chi connectivity index (χ0) is 28.9. The molecule has 13 nitrogen and oxygen atoms in total. The van der Waals surface area contributed by atoms with E-state index in [2.05, 4.69) is 20.8 Å². The van der Waals surface area contributed by atoms with Crippen LogP contribution in [0.4, 0.5) is 15.3 Å². The second-order valence-corrected chi connectivity index (χ2v) is 10.1. The summed E-state index contributed by atoms with van der Waals surface area (Å²) in [6, 6.07) is 3.90. The van der Waals surface area contributed by atoms with Crippen LogP contribution in [0.25, 0.3) is 0 Å². The number of carbonyl (C=O) groups is 5. The first kappa shape index (κ1) is 29.7. The van der Waals surface area contributed by atoms with E-state index < -0.39 is 54.1 Å². The normalized spacial score (nSPS) is 20.5. The molecular weight excluding hydrogens is 510 g/mol. The van der Waals surface area contributed by atoms with Crippen molar-refractivity contribution in [3.63, 3.8) is 0 Å². The Morgan fingerprint density at radius 3 is 2.21 bits per heavy atom. The molecule has 1 aromatic rings. The van der Waals surface area contributed by atoms with Crippen LogP contribution in [-0.4, -0.2) is 79.8 Å². The third-order valence-corrected chi connectivity index (χ3v) is 6.74. The second kappa shape index (κ2) is 12.8. The number of carbonyl (C=O) groups excluding carboxylic acids is 5. The molecule has 1 unspecified atom stereocenters. The number of cyclic esters (lactones) is 1. The fourth-order valence-electron chi connectivity index (χ4n) is 4.54. The van der Waals surface area contributed by atoms with E-state index in [9.17, 15) is 24.0 Å². The number of alkyl carbamates (subject to hydrolysis) is 1. The van der Waals surface area contributed by atoms with Crippen molar-refractivity contribution in [2.75, 3.05) is 25.8 Å². The smallest absolute Gasteiger partial charge is 0.431 e. The number of nitrogens with zero attached hydrogens (tertiary/aromatic N) is 2. The molecule has 2 fully saturated rings. The van der Waals surface area contributed by atoms with Crippen molar-refractivity contribution in [2.24, 2.45) is 11.8 Å². The Morgan fingerprint density at radius 2 is 1.64 bits per heavy atom. The highest BCUT2D eigenvalue weighted by molar-refractivity contribution is 5.99. The van der Waals surface area contributed by atoms with Crippen molar-refractivity contribution in [3.05, 3.63) is 24.3 Å². The third-order valence-electron chi connectivity index (χ3n) is 6.74. The molecule has 4 atom stereocenters. The van der Waals surface area contributed by atoms with E-state index in [-0.39, 0.29) is 11.8 Å². The van der Waals surface area contributed by atoms with Gasteiger partial charge >= 0.3 is 12.2 Å². The minimum absolute atomic E-state index is 0.248. The molecule has 0 aliphatic carbocycles. The maximum absolute atomic E-state index is 13.4. The van der Waals surface area contributed by atoms with Crippen LogP contribution in [-0.2, 0) is 23.9 Å². The van der Waals surface area contributed by atoms with Gasteiger partial charge in [-0.2, -0.15) is 5.43 Å². The molecule has 2 aliphatic heterocycles. The Balaban J connectivity index is 1.70. The molecule has 2 aliphatic rings. The maximum atomic E-state index is 13.4. The van der Waals surface area contributed by atoms with Crippen LogP contribution in [0, 0.1) is 11.8 Å². The van der Waals surface area contributed by atoms with Gasteiger partial charge in [-0.15, -0.1) is 0 Å². The van der Waals surface area contributed by atoms with Gasteiger partial charge in [0.25, 0.3) is 0 Å². The number of benzene rings is 1. The summed E-state index contributed by atoms with van der Waals surface area (Å²) >= 11 is 0. The quantitative estimate of drug-likeness (QED) is 0.396. The summed E-state index contributed by atoms with van der Waals surface area (Å²) in [5, 5.41) is 6.41. The predicted molar refractivity (Wildman–Crippen MR) is 140 cm³/mol. The summed E-state index contributed by atoms with van der Waals surface area (Å²) in [7, 11) is 2.73. The molecule has 3 N–H and O–H groups in total. The Morgan fingerprint density at radius 1 is 1.00 bits per heavy atom. The number of ether oxygens (including phenoxy) is 3. The Hall–Kier alpha value is -3.87. The lowest BCUT2D eigenvalue weighted by Crippen LogP contribution is -2.58. The van der Waals surface area contributed by atoms with Gasteiger partial charge in [-0.05, 0) is 48.9 Å². The molecule has 0 spiro atoms. The fraction of sp³-hybridized carbons (Fsp3) is 0.577. The van der Waals surface area contributed by atoms with Crippen LogP contribution in [0.5, 0.6) is 5.75 Å². The lowest BCUT2D eigenvalue weighted by atomic mass is 9.98. The number of methoxy groups -OCH3 is 2. The van der Waals surface area contributed by atoms with Crippen LogP contribution in [0.3, 0.4) is 0 Å². The topological polar surface area (TPSA) is 156 Å². The zero-order valence-electron chi connectivity index (χ0n) is 23.1. The van der Waals surface area contributed by atoms with Crippen LogP contribution < -0.4 is 25.8 Å². The van der Waals surface area contributed by atoms with Crippen molar-refractivity contribution in [1.82, 2.24) is 21.0 Å². The largest absolute Gasteiger partial charge is 0.497 e. The minimum Gasteiger partial charge on any atom is -0.497 e. The highest BCUT2D eigenvalue weighted by Crippen LogP contribution is 2.24. The molecule has 1 aromatic carbocycles. The van der Waals surface area contributed by atoms with E-state index in [1.54, 1.807) is 52.0 Å². The molecule has 39 heavy (non-hydrogen) atoms. The predicted octanol–water partition coefficient (Wildman–Crippen LogP) is 1.56. The monoisotopic (exact) mass is 547 g/mol. The average molecular weight is 548 g/mol. The number of hydrazine groups is 1. The molecule has 2 saturated heterocycles. The van der Waals surface area contributed by atoms with Gasteiger partial charge in [0.2, 0.25) is 23.8 Å². The number of rotatable bonds is 10. The molecule has 4 amide bonds. The lowest BCUT2D eigenvalue weighted by molar-refractivity contribution is -0.142. The third kappa shape index (κ3) is 6.77. The van der Waals surface area contributed by atoms with Gasteiger partial charge in [0.05, 0.1) is 25.9 Å². The number of Topliss-reactive ketones (excluding diaryl/α,β-unsaturated/α-hetero) is 1. The van der Waals surface area contributed by atoms with E-state index in [0.29, 0.717) is 30.8 Å². The van der Waals surface area contributed by atoms with Gasteiger partial charge in [0, 0.05) is 6.54 Å². The standard InChI is InChI=1S/C26H37N5O8/c1-14(2)19(21(32)23-29-31(26(36)39-23)16-9-11-17(37-5)12-10-16)27-22(33)18-8-7-13-30(18)24(34)20(15(3)4)28-25(35)38-6/h9-12,14-15,18-20,23,29H,7-8,13H2,1-6H3,(H,27,33)(H,28,35)/t18-,19-,20-,23?/m0/s1. The summed E-state index contributed by atoms with van der Waals surface area (Å²) in [5.74, 6) is -1.42.